The summed E-state index contributed by atoms with van der Waals surface area (Å²) in [4.78, 5) is 0. The van der Waals surface area contributed by atoms with Gasteiger partial charge in [0.2, 0.25) is 5.41 Å². The summed E-state index contributed by atoms with van der Waals surface area (Å²) < 4.78 is 23.3. The fourth-order valence-corrected chi connectivity index (χ4v) is 5.80. The van der Waals surface area contributed by atoms with E-state index in [9.17, 15) is 0 Å². The summed E-state index contributed by atoms with van der Waals surface area (Å²) in [6.45, 7) is 5.67. The summed E-state index contributed by atoms with van der Waals surface area (Å²) in [5.41, 5.74) is -0.620. The Bertz CT molecular complexity index is 188. The minimum absolute atomic E-state index is 0.620. The first-order chi connectivity index (χ1) is 7.70. The van der Waals surface area contributed by atoms with E-state index in [2.05, 4.69) is 13.8 Å². The summed E-state index contributed by atoms with van der Waals surface area (Å²) in [7, 11) is 0.988. The van der Waals surface area contributed by atoms with Crippen molar-refractivity contribution in [3.63, 3.8) is 0 Å². The summed E-state index contributed by atoms with van der Waals surface area (Å²) in [6.07, 6.45) is 2.75. The Morgan fingerprint density at radius 3 is 2.06 bits per heavy atom. The third-order valence-corrected chi connectivity index (χ3v) is 7.52. The van der Waals surface area contributed by atoms with E-state index in [4.69, 9.17) is 18.3 Å². The predicted octanol–water partition coefficient (Wildman–Crippen LogP) is 2.21. The van der Waals surface area contributed by atoms with Crippen molar-refractivity contribution in [1.29, 1.82) is 0 Å². The van der Waals surface area contributed by atoms with Crippen LogP contribution in [0.3, 0.4) is 0 Å². The molecule has 0 unspecified atom stereocenters. The van der Waals surface area contributed by atoms with Crippen LogP contribution in [0.15, 0.2) is 0 Å². The minimum atomic E-state index is -2.44. The quantitative estimate of drug-likeness (QED) is 0.675. The molecule has 0 saturated carbocycles. The van der Waals surface area contributed by atoms with Gasteiger partial charge in [-0.05, 0) is 12.5 Å². The number of rotatable bonds is 6. The highest BCUT2D eigenvalue weighted by molar-refractivity contribution is 6.70. The molecule has 1 saturated heterocycles. The van der Waals surface area contributed by atoms with Gasteiger partial charge in [-0.15, -0.1) is 0 Å². The molecule has 5 heteroatoms. The Morgan fingerprint density at radius 1 is 1.12 bits per heavy atom. The van der Waals surface area contributed by atoms with Crippen molar-refractivity contribution in [1.82, 2.24) is 0 Å². The van der Waals surface area contributed by atoms with E-state index >= 15 is 0 Å². The van der Waals surface area contributed by atoms with Crippen LogP contribution in [0.25, 0.3) is 0 Å². The lowest BCUT2D eigenvalue weighted by molar-refractivity contribution is -0.237. The Morgan fingerprint density at radius 2 is 1.69 bits per heavy atom. The topological polar surface area (TPSA) is 36.9 Å². The molecule has 0 amide bonds. The first kappa shape index (κ1) is 14.1. The molecule has 0 N–H and O–H groups in total. The van der Waals surface area contributed by atoms with Gasteiger partial charge in [-0.2, -0.15) is 0 Å². The van der Waals surface area contributed by atoms with Gasteiger partial charge in [0, 0.05) is 20.6 Å². The molecule has 0 bridgehead atoms. The van der Waals surface area contributed by atoms with Crippen molar-refractivity contribution in [2.75, 3.05) is 27.4 Å². The van der Waals surface area contributed by atoms with E-state index in [0.29, 0.717) is 0 Å². The molecule has 1 fully saturated rings. The Labute approximate surface area is 99.5 Å². The lowest BCUT2D eigenvalue weighted by Crippen LogP contribution is -2.66. The predicted molar refractivity (Wildman–Crippen MR) is 64.4 cm³/mol. The molecule has 4 nitrogen and oxygen atoms in total. The van der Waals surface area contributed by atoms with Gasteiger partial charge in [0.05, 0.1) is 13.2 Å². The Hall–Kier alpha value is 0.0569. The van der Waals surface area contributed by atoms with E-state index in [-0.39, 0.29) is 0 Å². The van der Waals surface area contributed by atoms with E-state index in [0.717, 1.165) is 38.5 Å². The molecule has 16 heavy (non-hydrogen) atoms. The van der Waals surface area contributed by atoms with Gasteiger partial charge < -0.3 is 18.3 Å². The third kappa shape index (κ3) is 2.33. The van der Waals surface area contributed by atoms with Crippen molar-refractivity contribution in [2.45, 2.75) is 44.6 Å². The zero-order valence-electron chi connectivity index (χ0n) is 10.9. The molecule has 1 rings (SSSR count). The number of hydrogen-bond donors (Lipinski definition) is 0. The molecule has 1 aliphatic heterocycles. The van der Waals surface area contributed by atoms with Crippen LogP contribution in [0.5, 0.6) is 0 Å². The number of hydrogen-bond acceptors (Lipinski definition) is 4. The first-order valence-corrected chi connectivity index (χ1v) is 8.11. The van der Waals surface area contributed by atoms with Gasteiger partial charge in [0.15, 0.2) is 0 Å². The van der Waals surface area contributed by atoms with Crippen molar-refractivity contribution in [3.05, 3.63) is 0 Å². The molecule has 0 spiro atoms. The fourth-order valence-electron chi connectivity index (χ4n) is 2.39. The molecular weight excluding hydrogens is 224 g/mol. The average molecular weight is 248 g/mol. The first-order valence-electron chi connectivity index (χ1n) is 6.08. The van der Waals surface area contributed by atoms with Gasteiger partial charge in [0.1, 0.15) is 0 Å². The zero-order valence-corrected chi connectivity index (χ0v) is 11.9. The normalized spacial score (nSPS) is 21.0. The number of ether oxygens (including phenoxy) is 2. The summed E-state index contributed by atoms with van der Waals surface area (Å²) in [5.74, 6) is 0. The monoisotopic (exact) mass is 248 g/mol. The fraction of sp³-hybridized carbons (Fsp3) is 1.00. The second-order valence-electron chi connectivity index (χ2n) is 4.07. The van der Waals surface area contributed by atoms with Crippen molar-refractivity contribution < 1.29 is 18.3 Å². The van der Waals surface area contributed by atoms with Crippen LogP contribution in [0.2, 0.25) is 6.04 Å². The maximum Gasteiger partial charge on any atom is 0.399 e. The molecule has 0 aromatic rings. The van der Waals surface area contributed by atoms with Crippen LogP contribution in [0.1, 0.15) is 33.1 Å². The Balaban J connectivity index is 2.94. The highest BCUT2D eigenvalue weighted by Gasteiger charge is 2.59. The zero-order chi connectivity index (χ0) is 12.1. The highest BCUT2D eigenvalue weighted by Crippen LogP contribution is 2.37. The maximum absolute atomic E-state index is 5.90. The second kappa shape index (κ2) is 6.12. The van der Waals surface area contributed by atoms with E-state index < -0.39 is 14.0 Å². The molecule has 0 aromatic carbocycles. The van der Waals surface area contributed by atoms with Crippen molar-refractivity contribution in [2.24, 2.45) is 0 Å². The lowest BCUT2D eigenvalue weighted by atomic mass is 10.4. The summed E-state index contributed by atoms with van der Waals surface area (Å²) >= 11 is 0. The Kier molecular flexibility index (Phi) is 5.40. The standard InChI is InChI=1S/C11H24O4Si/c1-5-10-16(12-3,13-4)11(6-2)14-8-7-9-15-11/h5-10H2,1-4H3. The molecule has 0 atom stereocenters. The molecule has 0 aliphatic carbocycles. The maximum atomic E-state index is 5.90. The minimum Gasteiger partial charge on any atom is -0.395 e. The van der Waals surface area contributed by atoms with Gasteiger partial charge in [-0.1, -0.05) is 20.3 Å². The molecule has 1 heterocycles. The van der Waals surface area contributed by atoms with Crippen LogP contribution >= 0.6 is 0 Å². The summed E-state index contributed by atoms with van der Waals surface area (Å²) in [6, 6.07) is 0.897. The van der Waals surface area contributed by atoms with Crippen molar-refractivity contribution >= 4 is 8.56 Å². The largest absolute Gasteiger partial charge is 0.399 e. The smallest absolute Gasteiger partial charge is 0.395 e. The van der Waals surface area contributed by atoms with Crippen LogP contribution in [-0.2, 0) is 18.3 Å². The second-order valence-corrected chi connectivity index (χ2v) is 7.65. The molecular formula is C11H24O4Si. The highest BCUT2D eigenvalue weighted by atomic mass is 28.4. The average Bonchev–Trinajstić information content (AvgIpc) is 2.37. The van der Waals surface area contributed by atoms with E-state index in [1.165, 1.54) is 0 Å². The van der Waals surface area contributed by atoms with Crippen molar-refractivity contribution in [3.8, 4) is 0 Å². The van der Waals surface area contributed by atoms with E-state index in [1.54, 1.807) is 14.2 Å². The third-order valence-electron chi connectivity index (χ3n) is 3.24. The molecule has 0 aromatic heterocycles. The van der Waals surface area contributed by atoms with Gasteiger partial charge in [0.25, 0.3) is 0 Å². The summed E-state index contributed by atoms with van der Waals surface area (Å²) in [5, 5.41) is 0. The van der Waals surface area contributed by atoms with Crippen LogP contribution in [0, 0.1) is 0 Å². The van der Waals surface area contributed by atoms with Crippen LogP contribution < -0.4 is 0 Å². The molecule has 96 valence electrons. The molecule has 0 radical (unpaired) electrons. The van der Waals surface area contributed by atoms with Crippen LogP contribution in [-0.4, -0.2) is 41.4 Å². The lowest BCUT2D eigenvalue weighted by Gasteiger charge is -2.46. The molecule has 1 aliphatic rings. The van der Waals surface area contributed by atoms with E-state index in [1.807, 2.05) is 0 Å². The SMILES string of the molecule is CCC[Si](OC)(OC)C1(CC)OCCCO1. The van der Waals surface area contributed by atoms with Gasteiger partial charge in [-0.3, -0.25) is 0 Å². The van der Waals surface area contributed by atoms with Crippen LogP contribution in [0.4, 0.5) is 0 Å². The van der Waals surface area contributed by atoms with Gasteiger partial charge in [-0.25, -0.2) is 0 Å². The van der Waals surface area contributed by atoms with Gasteiger partial charge >= 0.3 is 8.56 Å².